The van der Waals surface area contributed by atoms with Gasteiger partial charge in [0.25, 0.3) is 0 Å². The topological polar surface area (TPSA) is 38.8 Å². The third-order valence-electron chi connectivity index (χ3n) is 3.04. The summed E-state index contributed by atoms with van der Waals surface area (Å²) in [4.78, 5) is 13.8. The standard InChI is InChI=1S/C11H19NO3/c1-8-6-9(10(13)15-8)12-4-5-14-11(2,3)7-12/h8-9H,4-7H2,1-3H3/t8-,9-/m1/s1. The second kappa shape index (κ2) is 3.76. The first-order chi connectivity index (χ1) is 6.98. The van der Waals surface area contributed by atoms with Crippen molar-refractivity contribution in [3.05, 3.63) is 0 Å². The van der Waals surface area contributed by atoms with E-state index in [0.29, 0.717) is 6.61 Å². The number of hydrogen-bond acceptors (Lipinski definition) is 4. The lowest BCUT2D eigenvalue weighted by Crippen LogP contribution is -2.53. The summed E-state index contributed by atoms with van der Waals surface area (Å²) in [6.07, 6.45) is 0.878. The number of cyclic esters (lactones) is 1. The molecular formula is C11H19NO3. The van der Waals surface area contributed by atoms with Crippen LogP contribution in [0.4, 0.5) is 0 Å². The lowest BCUT2D eigenvalue weighted by Gasteiger charge is -2.39. The van der Waals surface area contributed by atoms with Crippen LogP contribution in [0.1, 0.15) is 27.2 Å². The number of esters is 1. The van der Waals surface area contributed by atoms with Crippen LogP contribution in [0.3, 0.4) is 0 Å². The molecule has 4 nitrogen and oxygen atoms in total. The summed E-state index contributed by atoms with van der Waals surface area (Å²) in [5.41, 5.74) is -0.148. The third kappa shape index (κ3) is 2.32. The second-order valence-corrected chi connectivity index (χ2v) is 5.08. The highest BCUT2D eigenvalue weighted by Gasteiger charge is 2.40. The number of morpholine rings is 1. The third-order valence-corrected chi connectivity index (χ3v) is 3.04. The molecule has 2 aliphatic heterocycles. The maximum Gasteiger partial charge on any atom is 0.323 e. The molecule has 86 valence electrons. The predicted octanol–water partition coefficient (Wildman–Crippen LogP) is 0.801. The van der Waals surface area contributed by atoms with E-state index < -0.39 is 0 Å². The van der Waals surface area contributed by atoms with Gasteiger partial charge in [-0.3, -0.25) is 9.69 Å². The molecule has 2 atom stereocenters. The summed E-state index contributed by atoms with van der Waals surface area (Å²) in [6.45, 7) is 8.40. The maximum atomic E-state index is 11.6. The van der Waals surface area contributed by atoms with Crippen LogP contribution in [-0.4, -0.2) is 48.3 Å². The van der Waals surface area contributed by atoms with Gasteiger partial charge >= 0.3 is 5.97 Å². The molecule has 0 bridgehead atoms. The lowest BCUT2D eigenvalue weighted by molar-refractivity contribution is -0.149. The molecule has 0 aromatic heterocycles. The zero-order valence-corrected chi connectivity index (χ0v) is 9.66. The molecule has 0 amide bonds. The summed E-state index contributed by atoms with van der Waals surface area (Å²) >= 11 is 0. The highest BCUT2D eigenvalue weighted by Crippen LogP contribution is 2.25. The Morgan fingerprint density at radius 2 is 2.20 bits per heavy atom. The summed E-state index contributed by atoms with van der Waals surface area (Å²) in [6, 6.07) is -0.0526. The summed E-state index contributed by atoms with van der Waals surface area (Å²) in [5, 5.41) is 0. The van der Waals surface area contributed by atoms with Crippen LogP contribution in [0.5, 0.6) is 0 Å². The fraction of sp³-hybridized carbons (Fsp3) is 0.909. The summed E-state index contributed by atoms with van der Waals surface area (Å²) in [7, 11) is 0. The molecule has 4 heteroatoms. The monoisotopic (exact) mass is 213 g/mol. The molecule has 0 radical (unpaired) electrons. The Bertz CT molecular complexity index is 265. The average Bonchev–Trinajstić information content (AvgIpc) is 2.43. The highest BCUT2D eigenvalue weighted by atomic mass is 16.6. The van der Waals surface area contributed by atoms with Crippen LogP contribution in [-0.2, 0) is 14.3 Å². The molecule has 2 rings (SSSR count). The lowest BCUT2D eigenvalue weighted by atomic mass is 10.0. The van der Waals surface area contributed by atoms with Crippen LogP contribution in [0.25, 0.3) is 0 Å². The van der Waals surface area contributed by atoms with Gasteiger partial charge in [-0.25, -0.2) is 0 Å². The first kappa shape index (κ1) is 10.9. The maximum absolute atomic E-state index is 11.6. The van der Waals surface area contributed by atoms with E-state index in [1.165, 1.54) is 0 Å². The van der Waals surface area contributed by atoms with Crippen molar-refractivity contribution in [2.75, 3.05) is 19.7 Å². The minimum Gasteiger partial charge on any atom is -0.461 e. The first-order valence-electron chi connectivity index (χ1n) is 5.56. The molecule has 0 aromatic carbocycles. The number of hydrogen-bond donors (Lipinski definition) is 0. The Morgan fingerprint density at radius 1 is 1.47 bits per heavy atom. The van der Waals surface area contributed by atoms with Crippen LogP contribution in [0, 0.1) is 0 Å². The van der Waals surface area contributed by atoms with Gasteiger partial charge in [-0.1, -0.05) is 0 Å². The zero-order chi connectivity index (χ0) is 11.1. The Hall–Kier alpha value is -0.610. The number of carbonyl (C=O) groups excluding carboxylic acids is 1. The van der Waals surface area contributed by atoms with Crippen molar-refractivity contribution in [1.82, 2.24) is 4.90 Å². The molecule has 0 spiro atoms. The Morgan fingerprint density at radius 3 is 2.73 bits per heavy atom. The fourth-order valence-corrected chi connectivity index (χ4v) is 2.35. The molecule has 0 aliphatic carbocycles. The first-order valence-corrected chi connectivity index (χ1v) is 5.56. The van der Waals surface area contributed by atoms with Crippen molar-refractivity contribution in [1.29, 1.82) is 0 Å². The van der Waals surface area contributed by atoms with Gasteiger partial charge in [0, 0.05) is 19.5 Å². The van der Waals surface area contributed by atoms with Crippen LogP contribution in [0.15, 0.2) is 0 Å². The molecular weight excluding hydrogens is 194 g/mol. The van der Waals surface area contributed by atoms with Crippen molar-refractivity contribution in [2.45, 2.75) is 44.9 Å². The van der Waals surface area contributed by atoms with Crippen LogP contribution < -0.4 is 0 Å². The van der Waals surface area contributed by atoms with Crippen molar-refractivity contribution >= 4 is 5.97 Å². The second-order valence-electron chi connectivity index (χ2n) is 5.08. The Labute approximate surface area is 90.5 Å². The molecule has 2 fully saturated rings. The zero-order valence-electron chi connectivity index (χ0n) is 9.66. The molecule has 0 aromatic rings. The van der Waals surface area contributed by atoms with E-state index in [1.807, 2.05) is 6.92 Å². The molecule has 2 heterocycles. The van der Waals surface area contributed by atoms with Gasteiger partial charge in [-0.15, -0.1) is 0 Å². The van der Waals surface area contributed by atoms with Gasteiger partial charge in [-0.05, 0) is 20.8 Å². The highest BCUT2D eigenvalue weighted by molar-refractivity contribution is 5.78. The number of ether oxygens (including phenoxy) is 2. The normalized spacial score (nSPS) is 36.6. The quantitative estimate of drug-likeness (QED) is 0.604. The van der Waals surface area contributed by atoms with Gasteiger partial charge in [0.1, 0.15) is 12.1 Å². The van der Waals surface area contributed by atoms with E-state index >= 15 is 0 Å². The van der Waals surface area contributed by atoms with Crippen molar-refractivity contribution in [3.63, 3.8) is 0 Å². The summed E-state index contributed by atoms with van der Waals surface area (Å²) < 4.78 is 10.8. The number of rotatable bonds is 1. The van der Waals surface area contributed by atoms with E-state index in [-0.39, 0.29) is 23.7 Å². The fourth-order valence-electron chi connectivity index (χ4n) is 2.35. The smallest absolute Gasteiger partial charge is 0.323 e. The van der Waals surface area contributed by atoms with E-state index in [2.05, 4.69) is 18.7 Å². The number of nitrogens with zero attached hydrogens (tertiary/aromatic N) is 1. The van der Waals surface area contributed by atoms with Crippen molar-refractivity contribution < 1.29 is 14.3 Å². The molecule has 15 heavy (non-hydrogen) atoms. The number of carbonyl (C=O) groups is 1. The van der Waals surface area contributed by atoms with Gasteiger partial charge < -0.3 is 9.47 Å². The minimum absolute atomic E-state index is 0.0526. The Balaban J connectivity index is 2.01. The van der Waals surface area contributed by atoms with Gasteiger partial charge in [0.15, 0.2) is 0 Å². The van der Waals surface area contributed by atoms with Gasteiger partial charge in [-0.2, -0.15) is 0 Å². The van der Waals surface area contributed by atoms with Crippen LogP contribution in [0.2, 0.25) is 0 Å². The van der Waals surface area contributed by atoms with Gasteiger partial charge in [0.05, 0.1) is 12.2 Å². The van der Waals surface area contributed by atoms with Crippen molar-refractivity contribution in [3.8, 4) is 0 Å². The predicted molar refractivity (Wildman–Crippen MR) is 55.6 cm³/mol. The van der Waals surface area contributed by atoms with Gasteiger partial charge in [0.2, 0.25) is 0 Å². The van der Waals surface area contributed by atoms with E-state index in [4.69, 9.17) is 9.47 Å². The largest absolute Gasteiger partial charge is 0.461 e. The molecule has 2 aliphatic rings. The average molecular weight is 213 g/mol. The molecule has 0 unspecified atom stereocenters. The SMILES string of the molecule is C[C@@H]1C[C@@H](N2CCOC(C)(C)C2)C(=O)O1. The van der Waals surface area contributed by atoms with E-state index in [1.54, 1.807) is 0 Å². The van der Waals surface area contributed by atoms with E-state index in [9.17, 15) is 4.79 Å². The molecule has 2 saturated heterocycles. The minimum atomic E-state index is -0.148. The van der Waals surface area contributed by atoms with E-state index in [0.717, 1.165) is 19.5 Å². The van der Waals surface area contributed by atoms with Crippen LogP contribution >= 0.6 is 0 Å². The molecule has 0 N–H and O–H groups in total. The Kier molecular flexibility index (Phi) is 2.73. The van der Waals surface area contributed by atoms with Crippen molar-refractivity contribution in [2.24, 2.45) is 0 Å². The summed E-state index contributed by atoms with van der Waals surface area (Å²) in [5.74, 6) is -0.0693. The molecule has 0 saturated carbocycles.